The normalized spacial score (nSPS) is 16.5. The fraction of sp³-hybridized carbons (Fsp3) is 0.429. The van der Waals surface area contributed by atoms with Crippen LogP contribution in [0.15, 0.2) is 27.2 Å². The first-order chi connectivity index (χ1) is 9.72. The Morgan fingerprint density at radius 3 is 2.90 bits per heavy atom. The third kappa shape index (κ3) is 3.08. The third-order valence-corrected chi connectivity index (χ3v) is 3.96. The average Bonchev–Trinajstić information content (AvgIpc) is 2.88. The van der Waals surface area contributed by atoms with E-state index in [0.29, 0.717) is 11.7 Å². The van der Waals surface area contributed by atoms with E-state index < -0.39 is 0 Å². The van der Waals surface area contributed by atoms with Crippen molar-refractivity contribution in [3.8, 4) is 11.4 Å². The van der Waals surface area contributed by atoms with Gasteiger partial charge in [-0.3, -0.25) is 4.90 Å². The van der Waals surface area contributed by atoms with Crippen molar-refractivity contribution in [1.29, 1.82) is 0 Å². The molecule has 0 bridgehead atoms. The highest BCUT2D eigenvalue weighted by molar-refractivity contribution is 9.10. The van der Waals surface area contributed by atoms with Gasteiger partial charge in [0.15, 0.2) is 0 Å². The molecule has 0 aliphatic carbocycles. The van der Waals surface area contributed by atoms with Crippen LogP contribution in [0.25, 0.3) is 11.4 Å². The lowest BCUT2D eigenvalue weighted by atomic mass is 10.1. The number of nitrogens with zero attached hydrogens (tertiary/aromatic N) is 3. The molecule has 1 aliphatic heterocycles. The van der Waals surface area contributed by atoms with E-state index in [1.807, 2.05) is 19.1 Å². The highest BCUT2D eigenvalue weighted by Gasteiger charge is 2.15. The first-order valence-electron chi connectivity index (χ1n) is 6.74. The molecule has 106 valence electrons. The summed E-state index contributed by atoms with van der Waals surface area (Å²) in [5.41, 5.74) is 2.15. The Bertz CT molecular complexity index is 593. The number of rotatable bonds is 3. The van der Waals surface area contributed by atoms with Gasteiger partial charge in [-0.05, 0) is 30.7 Å². The first-order valence-corrected chi connectivity index (χ1v) is 7.54. The molecule has 5 nitrogen and oxygen atoms in total. The van der Waals surface area contributed by atoms with E-state index in [9.17, 15) is 0 Å². The molecule has 2 aromatic rings. The Balaban J connectivity index is 1.75. The maximum Gasteiger partial charge on any atom is 0.241 e. The topological polar surface area (TPSA) is 54.2 Å². The van der Waals surface area contributed by atoms with E-state index in [1.165, 1.54) is 0 Å². The fourth-order valence-electron chi connectivity index (χ4n) is 2.37. The highest BCUT2D eigenvalue weighted by Crippen LogP contribution is 2.24. The Morgan fingerprint density at radius 2 is 2.15 bits per heavy atom. The van der Waals surface area contributed by atoms with Crippen molar-refractivity contribution in [2.75, 3.05) is 26.2 Å². The largest absolute Gasteiger partial charge is 0.338 e. The molecule has 1 aliphatic rings. The zero-order valence-electron chi connectivity index (χ0n) is 11.4. The molecule has 1 N–H and O–H groups in total. The standard InChI is InChI=1S/C14H17BrN4O/c1-10-8-11(15)2-3-12(10)14-17-13(20-18-14)9-19-6-4-16-5-7-19/h2-3,8,16H,4-7,9H2,1H3. The third-order valence-electron chi connectivity index (χ3n) is 3.47. The van der Waals surface area contributed by atoms with Crippen LogP contribution in [0.2, 0.25) is 0 Å². The van der Waals surface area contributed by atoms with Gasteiger partial charge in [-0.1, -0.05) is 21.1 Å². The molecule has 1 fully saturated rings. The zero-order valence-corrected chi connectivity index (χ0v) is 13.0. The Morgan fingerprint density at radius 1 is 1.35 bits per heavy atom. The second-order valence-electron chi connectivity index (χ2n) is 5.00. The summed E-state index contributed by atoms with van der Waals surface area (Å²) < 4.78 is 6.43. The molecular formula is C14H17BrN4O. The monoisotopic (exact) mass is 336 g/mol. The van der Waals surface area contributed by atoms with Gasteiger partial charge in [0.2, 0.25) is 11.7 Å². The van der Waals surface area contributed by atoms with Crippen molar-refractivity contribution in [1.82, 2.24) is 20.4 Å². The number of hydrogen-bond acceptors (Lipinski definition) is 5. The van der Waals surface area contributed by atoms with Crippen LogP contribution >= 0.6 is 15.9 Å². The molecule has 3 rings (SSSR count). The fourth-order valence-corrected chi connectivity index (χ4v) is 2.84. The Kier molecular flexibility index (Phi) is 4.14. The van der Waals surface area contributed by atoms with E-state index in [-0.39, 0.29) is 0 Å². The second kappa shape index (κ2) is 6.03. The van der Waals surface area contributed by atoms with E-state index in [2.05, 4.69) is 42.4 Å². The number of aryl methyl sites for hydroxylation is 1. The van der Waals surface area contributed by atoms with Crippen LogP contribution in [0, 0.1) is 6.92 Å². The number of piperazine rings is 1. The summed E-state index contributed by atoms with van der Waals surface area (Å²) in [5.74, 6) is 1.35. The highest BCUT2D eigenvalue weighted by atomic mass is 79.9. The molecule has 6 heteroatoms. The van der Waals surface area contributed by atoms with Crippen LogP contribution in [0.5, 0.6) is 0 Å². The minimum absolute atomic E-state index is 0.667. The van der Waals surface area contributed by atoms with Gasteiger partial charge >= 0.3 is 0 Å². The first kappa shape index (κ1) is 13.7. The molecule has 1 aromatic heterocycles. The van der Waals surface area contributed by atoms with Crippen LogP contribution in [-0.4, -0.2) is 41.2 Å². The molecule has 2 heterocycles. The number of benzene rings is 1. The van der Waals surface area contributed by atoms with Crippen LogP contribution in [0.4, 0.5) is 0 Å². The molecule has 0 radical (unpaired) electrons. The lowest BCUT2D eigenvalue weighted by molar-refractivity contribution is 0.203. The van der Waals surface area contributed by atoms with Crippen molar-refractivity contribution in [2.24, 2.45) is 0 Å². The summed E-state index contributed by atoms with van der Waals surface area (Å²) in [6.07, 6.45) is 0. The number of aromatic nitrogens is 2. The number of hydrogen-bond donors (Lipinski definition) is 1. The molecule has 0 atom stereocenters. The summed E-state index contributed by atoms with van der Waals surface area (Å²) in [4.78, 5) is 6.83. The van der Waals surface area contributed by atoms with Gasteiger partial charge in [0.25, 0.3) is 0 Å². The summed E-state index contributed by atoms with van der Waals surface area (Å²) in [6, 6.07) is 6.06. The predicted octanol–water partition coefficient (Wildman–Crippen LogP) is 2.21. The van der Waals surface area contributed by atoms with Crippen LogP contribution in [0.3, 0.4) is 0 Å². The smallest absolute Gasteiger partial charge is 0.241 e. The number of nitrogens with one attached hydrogen (secondary N) is 1. The summed E-state index contributed by atoms with van der Waals surface area (Å²) >= 11 is 3.46. The van der Waals surface area contributed by atoms with Gasteiger partial charge in [-0.25, -0.2) is 0 Å². The van der Waals surface area contributed by atoms with Crippen molar-refractivity contribution in [2.45, 2.75) is 13.5 Å². The van der Waals surface area contributed by atoms with Gasteiger partial charge in [0.1, 0.15) is 0 Å². The zero-order chi connectivity index (χ0) is 13.9. The predicted molar refractivity (Wildman–Crippen MR) is 80.3 cm³/mol. The van der Waals surface area contributed by atoms with Gasteiger partial charge in [0.05, 0.1) is 6.54 Å². The molecule has 1 aromatic carbocycles. The summed E-state index contributed by atoms with van der Waals surface area (Å²) in [7, 11) is 0. The van der Waals surface area contributed by atoms with Gasteiger partial charge in [0, 0.05) is 36.2 Å². The molecule has 0 unspecified atom stereocenters. The van der Waals surface area contributed by atoms with E-state index in [4.69, 9.17) is 4.52 Å². The van der Waals surface area contributed by atoms with Crippen LogP contribution in [-0.2, 0) is 6.54 Å². The number of halogens is 1. The molecule has 0 saturated carbocycles. The lowest BCUT2D eigenvalue weighted by Gasteiger charge is -2.25. The van der Waals surface area contributed by atoms with Crippen molar-refractivity contribution in [3.63, 3.8) is 0 Å². The Labute approximate surface area is 126 Å². The van der Waals surface area contributed by atoms with E-state index in [1.54, 1.807) is 0 Å². The lowest BCUT2D eigenvalue weighted by Crippen LogP contribution is -2.42. The average molecular weight is 337 g/mol. The van der Waals surface area contributed by atoms with Crippen molar-refractivity contribution in [3.05, 3.63) is 34.1 Å². The molecule has 0 spiro atoms. The van der Waals surface area contributed by atoms with Crippen molar-refractivity contribution < 1.29 is 4.52 Å². The minimum Gasteiger partial charge on any atom is -0.338 e. The van der Waals surface area contributed by atoms with Crippen molar-refractivity contribution >= 4 is 15.9 Å². The molecular weight excluding hydrogens is 320 g/mol. The van der Waals surface area contributed by atoms with Gasteiger partial charge in [-0.15, -0.1) is 0 Å². The maximum absolute atomic E-state index is 5.37. The van der Waals surface area contributed by atoms with Crippen LogP contribution in [0.1, 0.15) is 11.5 Å². The molecule has 1 saturated heterocycles. The molecule has 0 amide bonds. The summed E-state index contributed by atoms with van der Waals surface area (Å²) in [6.45, 7) is 6.86. The quantitative estimate of drug-likeness (QED) is 0.931. The minimum atomic E-state index is 0.667. The SMILES string of the molecule is Cc1cc(Br)ccc1-c1noc(CN2CCNCC2)n1. The van der Waals surface area contributed by atoms with Gasteiger partial charge in [-0.2, -0.15) is 4.98 Å². The molecule has 20 heavy (non-hydrogen) atoms. The van der Waals surface area contributed by atoms with E-state index in [0.717, 1.165) is 48.3 Å². The van der Waals surface area contributed by atoms with Crippen LogP contribution < -0.4 is 5.32 Å². The maximum atomic E-state index is 5.37. The van der Waals surface area contributed by atoms with E-state index >= 15 is 0 Å². The summed E-state index contributed by atoms with van der Waals surface area (Å²) in [5, 5.41) is 7.43. The Hall–Kier alpha value is -1.24. The van der Waals surface area contributed by atoms with Gasteiger partial charge < -0.3 is 9.84 Å². The second-order valence-corrected chi connectivity index (χ2v) is 5.91.